The first kappa shape index (κ1) is 22.4. The van der Waals surface area contributed by atoms with Crippen molar-refractivity contribution in [2.24, 2.45) is 5.73 Å². The number of likely N-dealkylation sites (tertiary alicyclic amines) is 1. The molecule has 0 atom stereocenters. The lowest BCUT2D eigenvalue weighted by Gasteiger charge is -2.40. The monoisotopic (exact) mass is 451 g/mol. The normalized spacial score (nSPS) is 15.7. The SMILES string of the molecule is N#CCC1(n2cc(C(N)=O)c(Nc3ccc(F)cc3)n2)CCN(Cc2cc(F)ccn2)CC1. The van der Waals surface area contributed by atoms with E-state index in [9.17, 15) is 18.8 Å². The molecule has 4 rings (SSSR count). The number of nitriles is 1. The lowest BCUT2D eigenvalue weighted by molar-refractivity contribution is 0.0960. The number of benzene rings is 1. The van der Waals surface area contributed by atoms with Crippen LogP contribution in [-0.4, -0.2) is 38.7 Å². The summed E-state index contributed by atoms with van der Waals surface area (Å²) in [4.78, 5) is 18.4. The van der Waals surface area contributed by atoms with Gasteiger partial charge in [0.15, 0.2) is 5.82 Å². The molecule has 0 radical (unpaired) electrons. The Bertz CT molecular complexity index is 1180. The molecule has 1 saturated heterocycles. The zero-order valence-corrected chi connectivity index (χ0v) is 17.8. The number of hydrogen-bond acceptors (Lipinski definition) is 6. The lowest BCUT2D eigenvalue weighted by Crippen LogP contribution is -2.46. The predicted octanol–water partition coefficient (Wildman–Crippen LogP) is 3.30. The third-order valence-electron chi connectivity index (χ3n) is 5.93. The Kier molecular flexibility index (Phi) is 6.33. The zero-order chi connectivity index (χ0) is 23.4. The lowest BCUT2D eigenvalue weighted by atomic mass is 9.85. The van der Waals surface area contributed by atoms with E-state index in [0.717, 1.165) is 0 Å². The van der Waals surface area contributed by atoms with E-state index in [4.69, 9.17) is 5.73 Å². The Labute approximate surface area is 189 Å². The van der Waals surface area contributed by atoms with Gasteiger partial charge in [0.25, 0.3) is 5.91 Å². The number of nitrogens with one attached hydrogen (secondary N) is 1. The molecule has 3 heterocycles. The van der Waals surface area contributed by atoms with Crippen LogP contribution in [-0.2, 0) is 12.1 Å². The number of primary amides is 1. The Morgan fingerprint density at radius 3 is 2.55 bits per heavy atom. The van der Waals surface area contributed by atoms with E-state index in [0.29, 0.717) is 43.9 Å². The molecule has 10 heteroatoms. The maximum absolute atomic E-state index is 13.5. The molecule has 0 aliphatic carbocycles. The van der Waals surface area contributed by atoms with Crippen LogP contribution in [0.5, 0.6) is 0 Å². The van der Waals surface area contributed by atoms with E-state index in [1.165, 1.54) is 42.6 Å². The van der Waals surface area contributed by atoms with Crippen LogP contribution in [0.2, 0.25) is 0 Å². The second-order valence-electron chi connectivity index (χ2n) is 8.13. The fraction of sp³-hybridized carbons (Fsp3) is 0.304. The number of nitrogens with zero attached hydrogens (tertiary/aromatic N) is 5. The molecule has 0 saturated carbocycles. The second-order valence-corrected chi connectivity index (χ2v) is 8.13. The summed E-state index contributed by atoms with van der Waals surface area (Å²) >= 11 is 0. The van der Waals surface area contributed by atoms with Crippen molar-refractivity contribution in [3.8, 4) is 6.07 Å². The molecule has 1 aliphatic heterocycles. The Morgan fingerprint density at radius 2 is 1.91 bits per heavy atom. The van der Waals surface area contributed by atoms with Crippen LogP contribution in [0, 0.1) is 23.0 Å². The molecular weight excluding hydrogens is 428 g/mol. The number of carbonyl (C=O) groups is 1. The molecule has 3 N–H and O–H groups in total. The maximum Gasteiger partial charge on any atom is 0.254 e. The molecule has 1 aliphatic rings. The van der Waals surface area contributed by atoms with Crippen molar-refractivity contribution in [2.45, 2.75) is 31.3 Å². The number of amides is 1. The van der Waals surface area contributed by atoms with Crippen molar-refractivity contribution in [3.63, 3.8) is 0 Å². The molecule has 1 amide bonds. The summed E-state index contributed by atoms with van der Waals surface area (Å²) in [6.07, 6.45) is 4.42. The predicted molar refractivity (Wildman–Crippen MR) is 117 cm³/mol. The Balaban J connectivity index is 1.55. The van der Waals surface area contributed by atoms with Gasteiger partial charge < -0.3 is 11.1 Å². The highest BCUT2D eigenvalue weighted by molar-refractivity contribution is 5.98. The summed E-state index contributed by atoms with van der Waals surface area (Å²) in [7, 11) is 0. The van der Waals surface area contributed by atoms with Crippen molar-refractivity contribution < 1.29 is 13.6 Å². The minimum Gasteiger partial charge on any atom is -0.365 e. The highest BCUT2D eigenvalue weighted by Gasteiger charge is 2.38. The van der Waals surface area contributed by atoms with Gasteiger partial charge in [0, 0.05) is 37.7 Å². The van der Waals surface area contributed by atoms with Crippen LogP contribution in [0.1, 0.15) is 35.3 Å². The quantitative estimate of drug-likeness (QED) is 0.570. The number of pyridine rings is 1. The van der Waals surface area contributed by atoms with Crippen molar-refractivity contribution >= 4 is 17.4 Å². The van der Waals surface area contributed by atoms with Gasteiger partial charge in [-0.3, -0.25) is 19.4 Å². The standard InChI is InChI=1S/C23H23F2N7O/c24-16-1-3-18(4-2-16)29-22-20(21(27)33)15-32(30-22)23(6-9-26)7-11-31(12-8-23)14-19-13-17(25)5-10-28-19/h1-5,10,13,15H,6-8,11-12,14H2,(H2,27,33)(H,29,30). The van der Waals surface area contributed by atoms with Gasteiger partial charge in [-0.05, 0) is 49.2 Å². The van der Waals surface area contributed by atoms with Crippen molar-refractivity contribution in [2.75, 3.05) is 18.4 Å². The van der Waals surface area contributed by atoms with Gasteiger partial charge in [-0.25, -0.2) is 8.78 Å². The highest BCUT2D eigenvalue weighted by Crippen LogP contribution is 2.35. The number of aromatic nitrogens is 3. The minimum atomic E-state index is -0.660. The smallest absolute Gasteiger partial charge is 0.254 e. The molecule has 33 heavy (non-hydrogen) atoms. The maximum atomic E-state index is 13.5. The van der Waals surface area contributed by atoms with Gasteiger partial charge in [-0.2, -0.15) is 10.4 Å². The molecule has 0 unspecified atom stereocenters. The van der Waals surface area contributed by atoms with Crippen molar-refractivity contribution in [1.29, 1.82) is 5.26 Å². The van der Waals surface area contributed by atoms with Crippen LogP contribution >= 0.6 is 0 Å². The molecule has 3 aromatic rings. The molecule has 8 nitrogen and oxygen atoms in total. The average molecular weight is 451 g/mol. The van der Waals surface area contributed by atoms with Crippen LogP contribution in [0.3, 0.4) is 0 Å². The number of halogens is 2. The summed E-state index contributed by atoms with van der Waals surface area (Å²) in [5, 5.41) is 17.1. The van der Waals surface area contributed by atoms with Gasteiger partial charge in [-0.15, -0.1) is 0 Å². The van der Waals surface area contributed by atoms with Gasteiger partial charge >= 0.3 is 0 Å². The molecular formula is C23H23F2N7O. The van der Waals surface area contributed by atoms with Crippen LogP contribution in [0.15, 0.2) is 48.8 Å². The van der Waals surface area contributed by atoms with Crippen LogP contribution < -0.4 is 11.1 Å². The van der Waals surface area contributed by atoms with Crippen molar-refractivity contribution in [3.05, 3.63) is 71.7 Å². The van der Waals surface area contributed by atoms with Gasteiger partial charge in [0.1, 0.15) is 17.2 Å². The van der Waals surface area contributed by atoms with Crippen LogP contribution in [0.4, 0.5) is 20.3 Å². The van der Waals surface area contributed by atoms with E-state index in [1.54, 1.807) is 10.9 Å². The molecule has 0 spiro atoms. The Morgan fingerprint density at radius 1 is 1.18 bits per heavy atom. The highest BCUT2D eigenvalue weighted by atomic mass is 19.1. The molecule has 2 aromatic heterocycles. The average Bonchev–Trinajstić information content (AvgIpc) is 3.22. The van der Waals surface area contributed by atoms with Crippen molar-refractivity contribution in [1.82, 2.24) is 19.7 Å². The number of hydrogen-bond donors (Lipinski definition) is 2. The van der Waals surface area contributed by atoms with Gasteiger partial charge in [0.05, 0.1) is 23.7 Å². The third-order valence-corrected chi connectivity index (χ3v) is 5.93. The fourth-order valence-electron chi connectivity index (χ4n) is 4.09. The Hall–Kier alpha value is -3.84. The van der Waals surface area contributed by atoms with Crippen LogP contribution in [0.25, 0.3) is 0 Å². The molecule has 1 aromatic carbocycles. The summed E-state index contributed by atoms with van der Waals surface area (Å²) in [6.45, 7) is 1.79. The topological polar surface area (TPSA) is 113 Å². The van der Waals surface area contributed by atoms with Gasteiger partial charge in [-0.1, -0.05) is 0 Å². The summed E-state index contributed by atoms with van der Waals surface area (Å²) in [6, 6.07) is 10.6. The number of anilines is 2. The molecule has 170 valence electrons. The number of nitrogens with two attached hydrogens (primary N) is 1. The zero-order valence-electron chi connectivity index (χ0n) is 17.8. The van der Waals surface area contributed by atoms with E-state index in [1.807, 2.05) is 0 Å². The van der Waals surface area contributed by atoms with E-state index >= 15 is 0 Å². The molecule has 1 fully saturated rings. The van der Waals surface area contributed by atoms with E-state index in [2.05, 4.69) is 26.4 Å². The van der Waals surface area contributed by atoms with E-state index in [-0.39, 0.29) is 29.4 Å². The number of piperidine rings is 1. The fourth-order valence-corrected chi connectivity index (χ4v) is 4.09. The van der Waals surface area contributed by atoms with E-state index < -0.39 is 11.4 Å². The largest absolute Gasteiger partial charge is 0.365 e. The first-order valence-electron chi connectivity index (χ1n) is 10.5. The third kappa shape index (κ3) is 4.99. The second kappa shape index (κ2) is 9.34. The summed E-state index contributed by atoms with van der Waals surface area (Å²) in [5.74, 6) is -1.12. The first-order chi connectivity index (χ1) is 15.9. The first-order valence-corrected chi connectivity index (χ1v) is 10.5. The summed E-state index contributed by atoms with van der Waals surface area (Å²) in [5.41, 5.74) is 6.33. The molecule has 0 bridgehead atoms. The number of carbonyl (C=O) groups excluding carboxylic acids is 1. The summed E-state index contributed by atoms with van der Waals surface area (Å²) < 4.78 is 28.4. The number of rotatable bonds is 7. The minimum absolute atomic E-state index is 0.183. The van der Waals surface area contributed by atoms with Gasteiger partial charge in [0.2, 0.25) is 0 Å².